The Labute approximate surface area is 152 Å². The average Bonchev–Trinajstić information content (AvgIpc) is 3.17. The van der Waals surface area contributed by atoms with Crippen LogP contribution in [0.4, 0.5) is 0 Å². The van der Waals surface area contributed by atoms with Crippen molar-refractivity contribution < 1.29 is 4.74 Å². The van der Waals surface area contributed by atoms with E-state index in [4.69, 9.17) is 4.74 Å². The van der Waals surface area contributed by atoms with Crippen LogP contribution < -0.4 is 10.6 Å². The first-order valence-corrected chi connectivity index (χ1v) is 9.65. The Kier molecular flexibility index (Phi) is 8.83. The van der Waals surface area contributed by atoms with Crippen LogP contribution in [0.3, 0.4) is 0 Å². The molecule has 0 radical (unpaired) electrons. The number of hydrogen-bond acceptors (Lipinski definition) is 3. The van der Waals surface area contributed by atoms with E-state index in [1.807, 2.05) is 7.05 Å². The van der Waals surface area contributed by atoms with Gasteiger partial charge in [0.15, 0.2) is 5.96 Å². The zero-order valence-electron chi connectivity index (χ0n) is 16.1. The predicted molar refractivity (Wildman–Crippen MR) is 104 cm³/mol. The zero-order valence-corrected chi connectivity index (χ0v) is 16.1. The van der Waals surface area contributed by atoms with Crippen LogP contribution in [-0.2, 0) is 11.3 Å². The number of nitrogens with one attached hydrogen (secondary N) is 2. The fraction of sp³-hybridized carbons (Fsp3) is 0.737. The number of guanidine groups is 1. The van der Waals surface area contributed by atoms with E-state index < -0.39 is 0 Å². The summed E-state index contributed by atoms with van der Waals surface area (Å²) in [6, 6.07) is 4.63. The van der Waals surface area contributed by atoms with Gasteiger partial charge in [-0.1, -0.05) is 26.7 Å². The first-order valence-electron chi connectivity index (χ1n) is 9.65. The summed E-state index contributed by atoms with van der Waals surface area (Å²) in [5.41, 5.74) is 0. The van der Waals surface area contributed by atoms with Gasteiger partial charge in [-0.05, 0) is 18.1 Å². The molecule has 0 aliphatic carbocycles. The zero-order chi connectivity index (χ0) is 17.9. The maximum absolute atomic E-state index is 5.53. The molecule has 25 heavy (non-hydrogen) atoms. The highest BCUT2D eigenvalue weighted by Crippen LogP contribution is 2.19. The molecule has 0 amide bonds. The van der Waals surface area contributed by atoms with E-state index in [1.165, 1.54) is 12.8 Å². The van der Waals surface area contributed by atoms with Crippen LogP contribution in [0.5, 0.6) is 0 Å². The van der Waals surface area contributed by atoms with Crippen molar-refractivity contribution >= 4 is 5.96 Å². The number of aliphatic imine (C=N–C) groups is 1. The van der Waals surface area contributed by atoms with Crippen LogP contribution in [-0.4, -0.2) is 67.9 Å². The van der Waals surface area contributed by atoms with Gasteiger partial charge in [0.2, 0.25) is 0 Å². The Balaban J connectivity index is 1.83. The van der Waals surface area contributed by atoms with Crippen LogP contribution in [0.2, 0.25) is 0 Å². The third-order valence-electron chi connectivity index (χ3n) is 5.14. The van der Waals surface area contributed by atoms with Gasteiger partial charge in [-0.2, -0.15) is 0 Å². The molecule has 0 saturated carbocycles. The first-order chi connectivity index (χ1) is 12.3. The molecule has 0 aromatic carbocycles. The third kappa shape index (κ3) is 6.36. The van der Waals surface area contributed by atoms with E-state index in [0.717, 1.165) is 51.9 Å². The number of rotatable bonds is 9. The van der Waals surface area contributed by atoms with Crippen molar-refractivity contribution in [1.82, 2.24) is 20.1 Å². The third-order valence-corrected chi connectivity index (χ3v) is 5.14. The van der Waals surface area contributed by atoms with E-state index in [0.29, 0.717) is 12.0 Å². The Bertz CT molecular complexity index is 478. The Morgan fingerprint density at radius 2 is 1.80 bits per heavy atom. The van der Waals surface area contributed by atoms with Crippen LogP contribution in [0.15, 0.2) is 29.5 Å². The fourth-order valence-corrected chi connectivity index (χ4v) is 3.58. The van der Waals surface area contributed by atoms with Crippen molar-refractivity contribution in [3.63, 3.8) is 0 Å². The largest absolute Gasteiger partial charge is 0.379 e. The maximum Gasteiger partial charge on any atom is 0.191 e. The minimum atomic E-state index is 0.530. The molecule has 2 heterocycles. The molecule has 2 N–H and O–H groups in total. The molecule has 6 heteroatoms. The van der Waals surface area contributed by atoms with E-state index in [2.05, 4.69) is 63.5 Å². The van der Waals surface area contributed by atoms with Crippen LogP contribution in [0.1, 0.15) is 26.7 Å². The maximum atomic E-state index is 5.53. The summed E-state index contributed by atoms with van der Waals surface area (Å²) in [7, 11) is 1.84. The minimum Gasteiger partial charge on any atom is -0.379 e. The van der Waals surface area contributed by atoms with Gasteiger partial charge in [-0.25, -0.2) is 0 Å². The van der Waals surface area contributed by atoms with E-state index in [1.54, 1.807) is 0 Å². The van der Waals surface area contributed by atoms with Crippen molar-refractivity contribution in [3.05, 3.63) is 24.5 Å². The second kappa shape index (κ2) is 11.2. The smallest absolute Gasteiger partial charge is 0.191 e. The van der Waals surface area contributed by atoms with Crippen molar-refractivity contribution in [2.45, 2.75) is 39.3 Å². The standard InChI is InChI=1S/C19H35N5O/c1-4-17(5-2)18(24-12-14-25-15-13-24)16-22-19(20-3)21-8-11-23-9-6-7-10-23/h6-7,9-10,17-18H,4-5,8,11-16H2,1-3H3,(H2,20,21,22). The molecule has 1 aromatic heterocycles. The molecule has 1 unspecified atom stereocenters. The molecule has 6 nitrogen and oxygen atoms in total. The summed E-state index contributed by atoms with van der Waals surface area (Å²) >= 11 is 0. The number of aromatic nitrogens is 1. The highest BCUT2D eigenvalue weighted by molar-refractivity contribution is 5.79. The van der Waals surface area contributed by atoms with Crippen molar-refractivity contribution in [2.75, 3.05) is 46.4 Å². The molecular weight excluding hydrogens is 314 g/mol. The Morgan fingerprint density at radius 3 is 2.40 bits per heavy atom. The molecule has 1 saturated heterocycles. The summed E-state index contributed by atoms with van der Waals surface area (Å²) in [4.78, 5) is 6.96. The molecule has 1 fully saturated rings. The van der Waals surface area contributed by atoms with Crippen molar-refractivity contribution in [3.8, 4) is 0 Å². The lowest BCUT2D eigenvalue weighted by Crippen LogP contribution is -2.53. The normalized spacial score (nSPS) is 17.7. The second-order valence-corrected chi connectivity index (χ2v) is 6.59. The van der Waals surface area contributed by atoms with Gasteiger partial charge in [-0.15, -0.1) is 0 Å². The molecule has 2 rings (SSSR count). The summed E-state index contributed by atoms with van der Waals surface area (Å²) in [5.74, 6) is 1.58. The topological polar surface area (TPSA) is 53.8 Å². The summed E-state index contributed by atoms with van der Waals surface area (Å²) in [6.07, 6.45) is 6.58. The van der Waals surface area contributed by atoms with Gasteiger partial charge in [0.25, 0.3) is 0 Å². The Morgan fingerprint density at radius 1 is 1.12 bits per heavy atom. The van der Waals surface area contributed by atoms with E-state index >= 15 is 0 Å². The number of nitrogens with zero attached hydrogens (tertiary/aromatic N) is 3. The lowest BCUT2D eigenvalue weighted by atomic mass is 9.92. The summed E-state index contributed by atoms with van der Waals surface area (Å²) < 4.78 is 7.70. The monoisotopic (exact) mass is 349 g/mol. The predicted octanol–water partition coefficient (Wildman–Crippen LogP) is 1.79. The highest BCUT2D eigenvalue weighted by atomic mass is 16.5. The van der Waals surface area contributed by atoms with Gasteiger partial charge < -0.3 is 19.9 Å². The van der Waals surface area contributed by atoms with Crippen LogP contribution in [0, 0.1) is 5.92 Å². The quantitative estimate of drug-likeness (QED) is 0.527. The molecule has 1 aliphatic rings. The Hall–Kier alpha value is -1.53. The second-order valence-electron chi connectivity index (χ2n) is 6.59. The molecule has 0 spiro atoms. The number of morpholine rings is 1. The highest BCUT2D eigenvalue weighted by Gasteiger charge is 2.26. The molecular formula is C19H35N5O. The average molecular weight is 350 g/mol. The molecule has 1 aliphatic heterocycles. The molecule has 0 bridgehead atoms. The fourth-order valence-electron chi connectivity index (χ4n) is 3.58. The van der Waals surface area contributed by atoms with E-state index in [-0.39, 0.29) is 0 Å². The SMILES string of the molecule is CCC(CC)C(CNC(=NC)NCCn1cccc1)N1CCOCC1. The van der Waals surface area contributed by atoms with Crippen LogP contribution >= 0.6 is 0 Å². The van der Waals surface area contributed by atoms with Crippen molar-refractivity contribution in [1.29, 1.82) is 0 Å². The minimum absolute atomic E-state index is 0.530. The van der Waals surface area contributed by atoms with Gasteiger partial charge in [0, 0.05) is 58.2 Å². The molecule has 1 aromatic rings. The lowest BCUT2D eigenvalue weighted by Gasteiger charge is -2.39. The number of ether oxygens (including phenoxy) is 1. The van der Waals surface area contributed by atoms with Gasteiger partial charge in [0.1, 0.15) is 0 Å². The molecule has 1 atom stereocenters. The van der Waals surface area contributed by atoms with Gasteiger partial charge in [-0.3, -0.25) is 9.89 Å². The van der Waals surface area contributed by atoms with E-state index in [9.17, 15) is 0 Å². The summed E-state index contributed by atoms with van der Waals surface area (Å²) in [5, 5.41) is 6.96. The van der Waals surface area contributed by atoms with Gasteiger partial charge >= 0.3 is 0 Å². The lowest BCUT2D eigenvalue weighted by molar-refractivity contribution is 0.00272. The van der Waals surface area contributed by atoms with Crippen molar-refractivity contribution in [2.24, 2.45) is 10.9 Å². The first kappa shape index (κ1) is 19.8. The van der Waals surface area contributed by atoms with Gasteiger partial charge in [0.05, 0.1) is 13.2 Å². The van der Waals surface area contributed by atoms with Crippen LogP contribution in [0.25, 0.3) is 0 Å². The summed E-state index contributed by atoms with van der Waals surface area (Å²) in [6.45, 7) is 11.1. The number of hydrogen-bond donors (Lipinski definition) is 2. The molecule has 142 valence electrons.